The quantitative estimate of drug-likeness (QED) is 0.856. The molecule has 1 aliphatic heterocycles. The van der Waals surface area contributed by atoms with Gasteiger partial charge in [-0.1, -0.05) is 41.7 Å². The summed E-state index contributed by atoms with van der Waals surface area (Å²) in [7, 11) is 0. The fourth-order valence-electron chi connectivity index (χ4n) is 2.67. The third-order valence-corrected chi connectivity index (χ3v) is 4.51. The van der Waals surface area contributed by atoms with Gasteiger partial charge in [0.2, 0.25) is 16.9 Å². The second kappa shape index (κ2) is 7.98. The predicted octanol–water partition coefficient (Wildman–Crippen LogP) is 1.43. The van der Waals surface area contributed by atoms with Gasteiger partial charge in [0.15, 0.2) is 0 Å². The summed E-state index contributed by atoms with van der Waals surface area (Å²) in [5.74, 6) is -0.209. The largest absolute Gasteiger partial charge is 0.340 e. The van der Waals surface area contributed by atoms with Crippen LogP contribution in [-0.2, 0) is 9.59 Å². The molecule has 2 N–H and O–H groups in total. The molecule has 1 atom stereocenters. The maximum absolute atomic E-state index is 12.4. The van der Waals surface area contributed by atoms with E-state index in [1.54, 1.807) is 5.51 Å². The normalized spacial score (nSPS) is 17.5. The Bertz CT molecular complexity index is 677. The number of nitrogens with one attached hydrogen (secondary N) is 2. The second-order valence-corrected chi connectivity index (χ2v) is 6.38. The van der Waals surface area contributed by atoms with Crippen molar-refractivity contribution in [3.63, 3.8) is 0 Å². The third kappa shape index (κ3) is 4.36. The molecule has 3 rings (SSSR count). The maximum atomic E-state index is 12.4. The number of anilines is 1. The van der Waals surface area contributed by atoms with E-state index in [-0.39, 0.29) is 30.7 Å². The standard InChI is InChI=1S/C16H19N5O2S/c22-14(19-16-20-18-11-24-16)6-7-15(23)21-9-8-17-13(10-21)12-4-2-1-3-5-12/h1-5,11,13,17H,6-10H2,(H,19,20,22). The zero-order valence-electron chi connectivity index (χ0n) is 13.1. The van der Waals surface area contributed by atoms with Crippen LogP contribution in [0.25, 0.3) is 0 Å². The van der Waals surface area contributed by atoms with Crippen molar-refractivity contribution in [3.8, 4) is 0 Å². The Morgan fingerprint density at radius 3 is 2.88 bits per heavy atom. The Hall–Kier alpha value is -2.32. The van der Waals surface area contributed by atoms with Gasteiger partial charge in [-0.15, -0.1) is 10.2 Å². The Morgan fingerprint density at radius 2 is 2.12 bits per heavy atom. The smallest absolute Gasteiger partial charge is 0.226 e. The number of nitrogens with zero attached hydrogens (tertiary/aromatic N) is 3. The van der Waals surface area contributed by atoms with Crippen molar-refractivity contribution >= 4 is 28.3 Å². The van der Waals surface area contributed by atoms with Crippen LogP contribution in [0.3, 0.4) is 0 Å². The van der Waals surface area contributed by atoms with E-state index in [0.717, 1.165) is 6.54 Å². The molecule has 1 aliphatic rings. The summed E-state index contributed by atoms with van der Waals surface area (Å²) in [5.41, 5.74) is 2.72. The average molecular weight is 345 g/mol. The SMILES string of the molecule is O=C(CCC(=O)N1CCNC(c2ccccc2)C1)Nc1nncs1. The number of amides is 2. The molecule has 2 amide bonds. The summed E-state index contributed by atoms with van der Waals surface area (Å²) in [4.78, 5) is 26.0. The Kier molecular flexibility index (Phi) is 5.50. The summed E-state index contributed by atoms with van der Waals surface area (Å²) in [5, 5.41) is 13.9. The molecule has 0 saturated carbocycles. The number of hydrogen-bond acceptors (Lipinski definition) is 6. The first kappa shape index (κ1) is 16.5. The van der Waals surface area contributed by atoms with E-state index < -0.39 is 0 Å². The van der Waals surface area contributed by atoms with Gasteiger partial charge in [0, 0.05) is 38.5 Å². The summed E-state index contributed by atoms with van der Waals surface area (Å²) < 4.78 is 0. The van der Waals surface area contributed by atoms with Crippen molar-refractivity contribution in [2.24, 2.45) is 0 Å². The van der Waals surface area contributed by atoms with Crippen molar-refractivity contribution in [2.75, 3.05) is 25.0 Å². The zero-order valence-corrected chi connectivity index (χ0v) is 14.0. The molecule has 0 radical (unpaired) electrons. The topological polar surface area (TPSA) is 87.2 Å². The molecule has 0 aliphatic carbocycles. The van der Waals surface area contributed by atoms with E-state index in [1.807, 2.05) is 23.1 Å². The van der Waals surface area contributed by atoms with E-state index in [4.69, 9.17) is 0 Å². The average Bonchev–Trinajstić information content (AvgIpc) is 3.13. The minimum absolute atomic E-state index is 0.00449. The van der Waals surface area contributed by atoms with Crippen LogP contribution in [0.15, 0.2) is 35.8 Å². The van der Waals surface area contributed by atoms with Gasteiger partial charge < -0.3 is 15.5 Å². The van der Waals surface area contributed by atoms with Gasteiger partial charge in [-0.05, 0) is 5.56 Å². The zero-order chi connectivity index (χ0) is 16.8. The Balaban J connectivity index is 1.48. The van der Waals surface area contributed by atoms with Crippen LogP contribution in [0.1, 0.15) is 24.4 Å². The highest BCUT2D eigenvalue weighted by molar-refractivity contribution is 7.13. The highest BCUT2D eigenvalue weighted by Gasteiger charge is 2.24. The molecule has 1 unspecified atom stereocenters. The molecule has 1 fully saturated rings. The van der Waals surface area contributed by atoms with Gasteiger partial charge >= 0.3 is 0 Å². The lowest BCUT2D eigenvalue weighted by Crippen LogP contribution is -2.48. The fraction of sp³-hybridized carbons (Fsp3) is 0.375. The second-order valence-electron chi connectivity index (χ2n) is 5.55. The lowest BCUT2D eigenvalue weighted by atomic mass is 10.0. The summed E-state index contributed by atoms with van der Waals surface area (Å²) in [6.07, 6.45) is 0.352. The molecule has 2 heterocycles. The van der Waals surface area contributed by atoms with Gasteiger partial charge in [0.1, 0.15) is 5.51 Å². The summed E-state index contributed by atoms with van der Waals surface area (Å²) >= 11 is 1.25. The third-order valence-electron chi connectivity index (χ3n) is 3.90. The first-order valence-electron chi connectivity index (χ1n) is 7.84. The van der Waals surface area contributed by atoms with Crippen molar-refractivity contribution in [3.05, 3.63) is 41.4 Å². The molecule has 1 aromatic carbocycles. The van der Waals surface area contributed by atoms with Crippen LogP contribution < -0.4 is 10.6 Å². The predicted molar refractivity (Wildman–Crippen MR) is 91.5 cm³/mol. The van der Waals surface area contributed by atoms with E-state index in [2.05, 4.69) is 33.0 Å². The molecule has 7 nitrogen and oxygen atoms in total. The Labute approximate surface area is 144 Å². The van der Waals surface area contributed by atoms with Crippen LogP contribution in [0.2, 0.25) is 0 Å². The molecule has 126 valence electrons. The van der Waals surface area contributed by atoms with Gasteiger partial charge in [-0.3, -0.25) is 9.59 Å². The van der Waals surface area contributed by atoms with Crippen LogP contribution in [0, 0.1) is 0 Å². The lowest BCUT2D eigenvalue weighted by Gasteiger charge is -2.34. The molecule has 8 heteroatoms. The van der Waals surface area contributed by atoms with Crippen LogP contribution in [0.5, 0.6) is 0 Å². The van der Waals surface area contributed by atoms with Crippen molar-refractivity contribution in [1.29, 1.82) is 0 Å². The molecule has 2 aromatic rings. The van der Waals surface area contributed by atoms with Crippen LogP contribution in [0.4, 0.5) is 5.13 Å². The molecule has 1 aromatic heterocycles. The van der Waals surface area contributed by atoms with Gasteiger partial charge in [0.25, 0.3) is 0 Å². The van der Waals surface area contributed by atoms with Gasteiger partial charge in [-0.25, -0.2) is 0 Å². The number of rotatable bonds is 5. The lowest BCUT2D eigenvalue weighted by molar-refractivity contribution is -0.134. The molecule has 1 saturated heterocycles. The number of benzene rings is 1. The van der Waals surface area contributed by atoms with E-state index in [9.17, 15) is 9.59 Å². The molecular formula is C16H19N5O2S. The Morgan fingerprint density at radius 1 is 1.29 bits per heavy atom. The van der Waals surface area contributed by atoms with Crippen LogP contribution in [-0.4, -0.2) is 46.5 Å². The van der Waals surface area contributed by atoms with E-state index >= 15 is 0 Å². The van der Waals surface area contributed by atoms with Crippen LogP contribution >= 0.6 is 11.3 Å². The summed E-state index contributed by atoms with van der Waals surface area (Å²) in [6.45, 7) is 2.04. The van der Waals surface area contributed by atoms with Crippen molar-refractivity contribution in [1.82, 2.24) is 20.4 Å². The van der Waals surface area contributed by atoms with Crippen molar-refractivity contribution < 1.29 is 9.59 Å². The first-order chi connectivity index (χ1) is 11.7. The minimum atomic E-state index is -0.213. The summed E-state index contributed by atoms with van der Waals surface area (Å²) in [6, 6.07) is 10.2. The number of carbonyl (C=O) groups is 2. The first-order valence-corrected chi connectivity index (χ1v) is 8.72. The van der Waals surface area contributed by atoms with E-state index in [0.29, 0.717) is 18.2 Å². The molecule has 0 bridgehead atoms. The molecule has 24 heavy (non-hydrogen) atoms. The molecule has 0 spiro atoms. The van der Waals surface area contributed by atoms with Gasteiger partial charge in [0.05, 0.1) is 0 Å². The van der Waals surface area contributed by atoms with Gasteiger partial charge in [-0.2, -0.15) is 0 Å². The number of carbonyl (C=O) groups excluding carboxylic acids is 2. The molecular weight excluding hydrogens is 326 g/mol. The van der Waals surface area contributed by atoms with E-state index in [1.165, 1.54) is 16.9 Å². The highest BCUT2D eigenvalue weighted by Crippen LogP contribution is 2.18. The maximum Gasteiger partial charge on any atom is 0.226 e. The fourth-order valence-corrected chi connectivity index (χ4v) is 3.13. The number of hydrogen-bond donors (Lipinski definition) is 2. The minimum Gasteiger partial charge on any atom is -0.340 e. The van der Waals surface area contributed by atoms with Crippen molar-refractivity contribution in [2.45, 2.75) is 18.9 Å². The number of aromatic nitrogens is 2. The monoisotopic (exact) mass is 345 g/mol. The highest BCUT2D eigenvalue weighted by atomic mass is 32.1. The number of piperazine rings is 1.